The zero-order valence-corrected chi connectivity index (χ0v) is 8.63. The number of halogens is 1. The van der Waals surface area contributed by atoms with Gasteiger partial charge in [0.15, 0.2) is 0 Å². The summed E-state index contributed by atoms with van der Waals surface area (Å²) in [5.74, 6) is 0.634. The van der Waals surface area contributed by atoms with E-state index >= 15 is 0 Å². The Morgan fingerprint density at radius 1 is 1.36 bits per heavy atom. The normalized spacial score (nSPS) is 28.9. The van der Waals surface area contributed by atoms with Crippen molar-refractivity contribution in [1.82, 2.24) is 0 Å². The minimum atomic E-state index is -0.0958. The zero-order valence-electron chi connectivity index (χ0n) is 8.63. The molecule has 0 amide bonds. The summed E-state index contributed by atoms with van der Waals surface area (Å²) in [4.78, 5) is 0. The number of hydrogen-bond acceptors (Lipinski definition) is 1. The molecule has 0 heterocycles. The second-order valence-corrected chi connectivity index (χ2v) is 4.66. The predicted octanol–water partition coefficient (Wildman–Crippen LogP) is 2.52. The van der Waals surface area contributed by atoms with Gasteiger partial charge in [-0.1, -0.05) is 32.0 Å². The molecular weight excluding hydrogens is 177 g/mol. The Morgan fingerprint density at radius 3 is 2.50 bits per heavy atom. The highest BCUT2D eigenvalue weighted by Crippen LogP contribution is 2.64. The molecule has 1 aliphatic carbocycles. The van der Waals surface area contributed by atoms with Crippen LogP contribution in [-0.2, 0) is 0 Å². The molecule has 0 radical (unpaired) electrons. The summed E-state index contributed by atoms with van der Waals surface area (Å²) in [5.41, 5.74) is 6.66. The Labute approximate surface area is 84.1 Å². The van der Waals surface area contributed by atoms with Crippen molar-refractivity contribution in [3.63, 3.8) is 0 Å². The molecule has 1 fully saturated rings. The average molecular weight is 193 g/mol. The quantitative estimate of drug-likeness (QED) is 0.767. The van der Waals surface area contributed by atoms with E-state index in [1.165, 1.54) is 6.07 Å². The monoisotopic (exact) mass is 193 g/mol. The highest BCUT2D eigenvalue weighted by atomic mass is 19.1. The molecule has 1 aromatic rings. The number of nitrogens with two attached hydrogens (primary N) is 1. The van der Waals surface area contributed by atoms with Crippen LogP contribution in [0, 0.1) is 17.2 Å². The maximum atomic E-state index is 13.5. The molecule has 2 unspecified atom stereocenters. The Morgan fingerprint density at radius 2 is 2.00 bits per heavy atom. The van der Waals surface area contributed by atoms with Gasteiger partial charge in [-0.25, -0.2) is 4.39 Å². The van der Waals surface area contributed by atoms with Crippen molar-refractivity contribution in [3.8, 4) is 0 Å². The van der Waals surface area contributed by atoms with E-state index in [0.717, 1.165) is 5.56 Å². The second-order valence-electron chi connectivity index (χ2n) is 4.66. The van der Waals surface area contributed by atoms with Crippen LogP contribution < -0.4 is 5.73 Å². The SMILES string of the molecule is CC1(C)C(CN)C1c1ccccc1F. The van der Waals surface area contributed by atoms with Crippen molar-refractivity contribution < 1.29 is 4.39 Å². The minimum Gasteiger partial charge on any atom is -0.330 e. The van der Waals surface area contributed by atoms with Crippen LogP contribution in [0.1, 0.15) is 25.3 Å². The first-order valence-electron chi connectivity index (χ1n) is 5.03. The van der Waals surface area contributed by atoms with E-state index in [-0.39, 0.29) is 11.2 Å². The highest BCUT2D eigenvalue weighted by molar-refractivity contribution is 5.32. The van der Waals surface area contributed by atoms with Crippen LogP contribution in [-0.4, -0.2) is 6.54 Å². The molecule has 2 atom stereocenters. The summed E-state index contributed by atoms with van der Waals surface area (Å²) in [6.07, 6.45) is 0. The van der Waals surface area contributed by atoms with E-state index in [0.29, 0.717) is 18.4 Å². The third-order valence-electron chi connectivity index (χ3n) is 3.54. The smallest absolute Gasteiger partial charge is 0.126 e. The van der Waals surface area contributed by atoms with Crippen LogP contribution >= 0.6 is 0 Å². The summed E-state index contributed by atoms with van der Waals surface area (Å²) < 4.78 is 13.5. The molecule has 2 N–H and O–H groups in total. The Balaban J connectivity index is 2.31. The fraction of sp³-hybridized carbons (Fsp3) is 0.500. The first kappa shape index (κ1) is 9.66. The van der Waals surface area contributed by atoms with Gasteiger partial charge >= 0.3 is 0 Å². The van der Waals surface area contributed by atoms with Gasteiger partial charge in [0.25, 0.3) is 0 Å². The van der Waals surface area contributed by atoms with Crippen molar-refractivity contribution in [2.24, 2.45) is 17.1 Å². The second kappa shape index (κ2) is 3.06. The Hall–Kier alpha value is -0.890. The number of hydrogen-bond donors (Lipinski definition) is 1. The largest absolute Gasteiger partial charge is 0.330 e. The van der Waals surface area contributed by atoms with Crippen molar-refractivity contribution in [2.45, 2.75) is 19.8 Å². The molecule has 1 aliphatic rings. The number of benzene rings is 1. The molecule has 2 rings (SSSR count). The van der Waals surface area contributed by atoms with E-state index < -0.39 is 0 Å². The summed E-state index contributed by atoms with van der Waals surface area (Å²) in [6, 6.07) is 7.01. The molecule has 0 aromatic heterocycles. The van der Waals surface area contributed by atoms with Gasteiger partial charge in [-0.05, 0) is 35.4 Å². The van der Waals surface area contributed by atoms with Gasteiger partial charge in [0.1, 0.15) is 5.82 Å². The predicted molar refractivity (Wildman–Crippen MR) is 55.5 cm³/mol. The average Bonchev–Trinajstić information content (AvgIpc) is 2.69. The van der Waals surface area contributed by atoms with Gasteiger partial charge < -0.3 is 5.73 Å². The standard InChI is InChI=1S/C12H16FN/c1-12(2)9(7-14)11(12)8-5-3-4-6-10(8)13/h3-6,9,11H,7,14H2,1-2H3. The maximum Gasteiger partial charge on any atom is 0.126 e. The molecule has 1 saturated carbocycles. The molecule has 1 nitrogen and oxygen atoms in total. The Bertz CT molecular complexity index is 346. The van der Waals surface area contributed by atoms with Gasteiger partial charge in [0, 0.05) is 0 Å². The van der Waals surface area contributed by atoms with Crippen LogP contribution in [0.15, 0.2) is 24.3 Å². The van der Waals surface area contributed by atoms with Gasteiger partial charge in [-0.15, -0.1) is 0 Å². The summed E-state index contributed by atoms with van der Waals surface area (Å²) >= 11 is 0. The third-order valence-corrected chi connectivity index (χ3v) is 3.54. The lowest BCUT2D eigenvalue weighted by atomic mass is 10.0. The van der Waals surface area contributed by atoms with Crippen molar-refractivity contribution in [2.75, 3.05) is 6.54 Å². The molecule has 1 aromatic carbocycles. The summed E-state index contributed by atoms with van der Waals surface area (Å²) in [6.45, 7) is 4.95. The molecule has 76 valence electrons. The first-order valence-corrected chi connectivity index (χ1v) is 5.03. The maximum absolute atomic E-state index is 13.5. The van der Waals surface area contributed by atoms with Crippen molar-refractivity contribution >= 4 is 0 Å². The molecule has 0 aliphatic heterocycles. The molecule has 2 heteroatoms. The van der Waals surface area contributed by atoms with Gasteiger partial charge in [0.2, 0.25) is 0 Å². The van der Waals surface area contributed by atoms with Gasteiger partial charge in [-0.2, -0.15) is 0 Å². The molecule has 0 bridgehead atoms. The topological polar surface area (TPSA) is 26.0 Å². The van der Waals surface area contributed by atoms with Crippen LogP contribution in [0.3, 0.4) is 0 Å². The highest BCUT2D eigenvalue weighted by Gasteiger charge is 2.57. The van der Waals surface area contributed by atoms with Crippen LogP contribution in [0.2, 0.25) is 0 Å². The number of rotatable bonds is 2. The lowest BCUT2D eigenvalue weighted by Crippen LogP contribution is -2.05. The minimum absolute atomic E-state index is 0.0958. The molecule has 14 heavy (non-hydrogen) atoms. The molecule has 0 spiro atoms. The molecule has 0 saturated heterocycles. The van der Waals surface area contributed by atoms with Crippen LogP contribution in [0.4, 0.5) is 4.39 Å². The van der Waals surface area contributed by atoms with Gasteiger partial charge in [0.05, 0.1) is 0 Å². The van der Waals surface area contributed by atoms with E-state index in [1.807, 2.05) is 12.1 Å². The zero-order chi connectivity index (χ0) is 10.3. The van der Waals surface area contributed by atoms with E-state index in [2.05, 4.69) is 13.8 Å². The fourth-order valence-corrected chi connectivity index (χ4v) is 2.53. The van der Waals surface area contributed by atoms with Crippen molar-refractivity contribution in [3.05, 3.63) is 35.6 Å². The summed E-state index contributed by atoms with van der Waals surface area (Å²) in [7, 11) is 0. The Kier molecular flexibility index (Phi) is 2.11. The van der Waals surface area contributed by atoms with E-state index in [4.69, 9.17) is 5.73 Å². The van der Waals surface area contributed by atoms with E-state index in [9.17, 15) is 4.39 Å². The van der Waals surface area contributed by atoms with E-state index in [1.54, 1.807) is 6.07 Å². The van der Waals surface area contributed by atoms with Crippen LogP contribution in [0.25, 0.3) is 0 Å². The fourth-order valence-electron chi connectivity index (χ4n) is 2.53. The lowest BCUT2D eigenvalue weighted by Gasteiger charge is -2.03. The summed E-state index contributed by atoms with van der Waals surface area (Å²) in [5, 5.41) is 0. The van der Waals surface area contributed by atoms with Gasteiger partial charge in [-0.3, -0.25) is 0 Å². The first-order chi connectivity index (χ1) is 6.59. The third kappa shape index (κ3) is 1.25. The van der Waals surface area contributed by atoms with Crippen LogP contribution in [0.5, 0.6) is 0 Å². The van der Waals surface area contributed by atoms with Crippen molar-refractivity contribution in [1.29, 1.82) is 0 Å². The lowest BCUT2D eigenvalue weighted by molar-refractivity contribution is 0.551. The molecular formula is C12H16FN.